The van der Waals surface area contributed by atoms with E-state index in [9.17, 15) is 14.4 Å². The quantitative estimate of drug-likeness (QED) is 0.699. The first-order chi connectivity index (χ1) is 15.9. The van der Waals surface area contributed by atoms with E-state index in [0.717, 1.165) is 38.0 Å². The van der Waals surface area contributed by atoms with Gasteiger partial charge in [0.1, 0.15) is 5.82 Å². The van der Waals surface area contributed by atoms with Crippen LogP contribution in [0.2, 0.25) is 5.02 Å². The highest BCUT2D eigenvalue weighted by molar-refractivity contribution is 6.30. The summed E-state index contributed by atoms with van der Waals surface area (Å²) in [4.78, 5) is 45.4. The minimum atomic E-state index is -0.284. The number of nitrogens with two attached hydrogens (primary N) is 1. The first kappa shape index (κ1) is 23.0. The second-order valence-electron chi connectivity index (χ2n) is 8.68. The van der Waals surface area contributed by atoms with Gasteiger partial charge in [-0.15, -0.1) is 0 Å². The Hall–Kier alpha value is -3.13. The molecule has 2 saturated heterocycles. The van der Waals surface area contributed by atoms with Gasteiger partial charge in [-0.25, -0.2) is 4.98 Å². The summed E-state index contributed by atoms with van der Waals surface area (Å²) in [5.74, 6) is -0.176. The number of anilines is 2. The molecule has 3 amide bonds. The van der Waals surface area contributed by atoms with Gasteiger partial charge in [0, 0.05) is 36.8 Å². The third-order valence-corrected chi connectivity index (χ3v) is 6.59. The molecule has 0 radical (unpaired) electrons. The van der Waals surface area contributed by atoms with Gasteiger partial charge < -0.3 is 20.9 Å². The Morgan fingerprint density at radius 1 is 0.970 bits per heavy atom. The smallest absolute Gasteiger partial charge is 0.253 e. The molecule has 3 heterocycles. The number of halogens is 1. The lowest BCUT2D eigenvalue weighted by molar-refractivity contribution is -0.122. The zero-order valence-electron chi connectivity index (χ0n) is 18.4. The SMILES string of the molecule is NC(=O)C1CCCN(c2ccc(NC(=O)C3CCCN(C(=O)c4ccc(Cl)cc4)C3)cn2)C1. The van der Waals surface area contributed by atoms with E-state index in [1.165, 1.54) is 0 Å². The van der Waals surface area contributed by atoms with Crippen LogP contribution < -0.4 is 16.0 Å². The number of nitrogens with zero attached hydrogens (tertiary/aromatic N) is 3. The molecule has 0 spiro atoms. The molecule has 0 saturated carbocycles. The number of primary amides is 1. The van der Waals surface area contributed by atoms with Crippen molar-refractivity contribution in [1.29, 1.82) is 0 Å². The number of hydrogen-bond acceptors (Lipinski definition) is 5. The maximum Gasteiger partial charge on any atom is 0.253 e. The second-order valence-corrected chi connectivity index (χ2v) is 9.12. The molecule has 2 aromatic rings. The van der Waals surface area contributed by atoms with E-state index < -0.39 is 0 Å². The summed E-state index contributed by atoms with van der Waals surface area (Å²) in [7, 11) is 0. The topological polar surface area (TPSA) is 109 Å². The molecule has 2 fully saturated rings. The molecule has 2 aliphatic rings. The molecule has 2 atom stereocenters. The summed E-state index contributed by atoms with van der Waals surface area (Å²) >= 11 is 5.91. The molecular weight excluding hydrogens is 442 g/mol. The van der Waals surface area contributed by atoms with Crippen LogP contribution in [0.5, 0.6) is 0 Å². The average Bonchev–Trinajstić information content (AvgIpc) is 2.84. The molecule has 3 N–H and O–H groups in total. The van der Waals surface area contributed by atoms with E-state index in [4.69, 9.17) is 17.3 Å². The fourth-order valence-corrected chi connectivity index (χ4v) is 4.59. The molecule has 0 aliphatic carbocycles. The molecular formula is C24H28ClN5O3. The fraction of sp³-hybridized carbons (Fsp3) is 0.417. The minimum Gasteiger partial charge on any atom is -0.369 e. The summed E-state index contributed by atoms with van der Waals surface area (Å²) in [6, 6.07) is 10.4. The second kappa shape index (κ2) is 10.2. The van der Waals surface area contributed by atoms with Crippen LogP contribution in [0.15, 0.2) is 42.6 Å². The van der Waals surface area contributed by atoms with Crippen molar-refractivity contribution in [1.82, 2.24) is 9.88 Å². The van der Waals surface area contributed by atoms with Crippen molar-refractivity contribution < 1.29 is 14.4 Å². The molecule has 0 bridgehead atoms. The van der Waals surface area contributed by atoms with Crippen LogP contribution >= 0.6 is 11.6 Å². The maximum absolute atomic E-state index is 12.9. The molecule has 2 aliphatic heterocycles. The van der Waals surface area contributed by atoms with E-state index in [0.29, 0.717) is 35.9 Å². The number of nitrogens with one attached hydrogen (secondary N) is 1. The third-order valence-electron chi connectivity index (χ3n) is 6.33. The number of amides is 3. The van der Waals surface area contributed by atoms with Gasteiger partial charge in [0.15, 0.2) is 0 Å². The van der Waals surface area contributed by atoms with Gasteiger partial charge >= 0.3 is 0 Å². The van der Waals surface area contributed by atoms with Crippen LogP contribution in [-0.2, 0) is 9.59 Å². The normalized spacial score (nSPS) is 20.9. The van der Waals surface area contributed by atoms with Crippen molar-refractivity contribution in [3.05, 3.63) is 53.2 Å². The Balaban J connectivity index is 1.34. The van der Waals surface area contributed by atoms with E-state index in [-0.39, 0.29) is 29.6 Å². The molecule has 2 unspecified atom stereocenters. The Kier molecular flexibility index (Phi) is 7.13. The zero-order valence-corrected chi connectivity index (χ0v) is 19.1. The Morgan fingerprint density at radius 3 is 2.39 bits per heavy atom. The van der Waals surface area contributed by atoms with Gasteiger partial charge in [-0.2, -0.15) is 0 Å². The molecule has 1 aromatic heterocycles. The molecule has 174 valence electrons. The van der Waals surface area contributed by atoms with Crippen molar-refractivity contribution in [2.45, 2.75) is 25.7 Å². The zero-order chi connectivity index (χ0) is 23.4. The highest BCUT2D eigenvalue weighted by Gasteiger charge is 2.29. The minimum absolute atomic E-state index is 0.0917. The summed E-state index contributed by atoms with van der Waals surface area (Å²) in [5, 5.41) is 3.50. The number of likely N-dealkylation sites (tertiary alicyclic amines) is 1. The average molecular weight is 470 g/mol. The van der Waals surface area contributed by atoms with E-state index >= 15 is 0 Å². The van der Waals surface area contributed by atoms with Crippen LogP contribution in [0.25, 0.3) is 0 Å². The fourth-order valence-electron chi connectivity index (χ4n) is 4.46. The van der Waals surface area contributed by atoms with Gasteiger partial charge in [-0.3, -0.25) is 14.4 Å². The van der Waals surface area contributed by atoms with Crippen molar-refractivity contribution in [2.75, 3.05) is 36.4 Å². The van der Waals surface area contributed by atoms with Crippen molar-refractivity contribution in [3.63, 3.8) is 0 Å². The first-order valence-electron chi connectivity index (χ1n) is 11.3. The van der Waals surface area contributed by atoms with Gasteiger partial charge in [0.2, 0.25) is 11.8 Å². The molecule has 33 heavy (non-hydrogen) atoms. The number of rotatable bonds is 5. The molecule has 4 rings (SSSR count). The first-order valence-corrected chi connectivity index (χ1v) is 11.6. The lowest BCUT2D eigenvalue weighted by Gasteiger charge is -2.32. The highest BCUT2D eigenvalue weighted by Crippen LogP contribution is 2.24. The number of benzene rings is 1. The highest BCUT2D eigenvalue weighted by atomic mass is 35.5. The molecule has 8 nitrogen and oxygen atoms in total. The van der Waals surface area contributed by atoms with Crippen LogP contribution in [0, 0.1) is 11.8 Å². The Morgan fingerprint density at radius 2 is 1.70 bits per heavy atom. The standard InChI is InChI=1S/C24H28ClN5O3/c25-19-7-5-16(6-8-19)24(33)30-12-2-4-18(15-30)23(32)28-20-9-10-21(27-13-20)29-11-1-3-17(14-29)22(26)31/h5-10,13,17-18H,1-4,11-12,14-15H2,(H2,26,31)(H,28,32). The molecule has 9 heteroatoms. The van der Waals surface area contributed by atoms with E-state index in [1.54, 1.807) is 35.4 Å². The maximum atomic E-state index is 12.9. The van der Waals surface area contributed by atoms with E-state index in [1.807, 2.05) is 17.0 Å². The summed E-state index contributed by atoms with van der Waals surface area (Å²) in [5.41, 5.74) is 6.63. The summed E-state index contributed by atoms with van der Waals surface area (Å²) in [6.07, 6.45) is 4.81. The van der Waals surface area contributed by atoms with Crippen molar-refractivity contribution >= 4 is 40.8 Å². The van der Waals surface area contributed by atoms with Gasteiger partial charge in [0.05, 0.1) is 23.7 Å². The lowest BCUT2D eigenvalue weighted by atomic mass is 9.96. The van der Waals surface area contributed by atoms with Gasteiger partial charge in [0.25, 0.3) is 5.91 Å². The Bertz CT molecular complexity index is 1010. The number of hydrogen-bond donors (Lipinski definition) is 2. The van der Waals surface area contributed by atoms with Gasteiger partial charge in [-0.05, 0) is 62.1 Å². The number of piperidine rings is 2. The van der Waals surface area contributed by atoms with Crippen LogP contribution in [0.3, 0.4) is 0 Å². The number of aromatic nitrogens is 1. The number of carbonyl (C=O) groups is 3. The Labute approximate surface area is 198 Å². The number of pyridine rings is 1. The van der Waals surface area contributed by atoms with Crippen molar-refractivity contribution in [2.24, 2.45) is 17.6 Å². The van der Waals surface area contributed by atoms with Gasteiger partial charge in [-0.1, -0.05) is 11.6 Å². The van der Waals surface area contributed by atoms with Crippen LogP contribution in [-0.4, -0.2) is 53.8 Å². The summed E-state index contributed by atoms with van der Waals surface area (Å²) < 4.78 is 0. The monoisotopic (exact) mass is 469 g/mol. The predicted molar refractivity (Wildman–Crippen MR) is 127 cm³/mol. The third kappa shape index (κ3) is 5.63. The lowest BCUT2D eigenvalue weighted by Crippen LogP contribution is -2.43. The van der Waals surface area contributed by atoms with Crippen LogP contribution in [0.1, 0.15) is 36.0 Å². The largest absolute Gasteiger partial charge is 0.369 e. The summed E-state index contributed by atoms with van der Waals surface area (Å²) in [6.45, 7) is 2.39. The number of carbonyl (C=O) groups excluding carboxylic acids is 3. The van der Waals surface area contributed by atoms with Crippen LogP contribution in [0.4, 0.5) is 11.5 Å². The van der Waals surface area contributed by atoms with E-state index in [2.05, 4.69) is 10.3 Å². The molecule has 1 aromatic carbocycles. The van der Waals surface area contributed by atoms with Crippen molar-refractivity contribution in [3.8, 4) is 0 Å². The predicted octanol–water partition coefficient (Wildman–Crippen LogP) is 2.93.